The molecule has 1 aromatic heterocycles. The van der Waals surface area contributed by atoms with Gasteiger partial charge in [0.25, 0.3) is 0 Å². The summed E-state index contributed by atoms with van der Waals surface area (Å²) in [6.45, 7) is 6.74. The topological polar surface area (TPSA) is 72.2 Å². The average Bonchev–Trinajstić information content (AvgIpc) is 2.47. The monoisotopic (exact) mass is 288 g/mol. The van der Waals surface area contributed by atoms with Crippen molar-refractivity contribution in [1.29, 1.82) is 5.26 Å². The number of likely N-dealkylation sites (tertiary alicyclic amines) is 1. The molecule has 0 amide bonds. The van der Waals surface area contributed by atoms with Crippen LogP contribution in [0.5, 0.6) is 0 Å². The lowest BCUT2D eigenvalue weighted by Gasteiger charge is -2.34. The second-order valence-electron chi connectivity index (χ2n) is 5.71. The van der Waals surface area contributed by atoms with E-state index in [-0.39, 0.29) is 12.6 Å². The van der Waals surface area contributed by atoms with Crippen LogP contribution in [0.2, 0.25) is 0 Å². The summed E-state index contributed by atoms with van der Waals surface area (Å²) in [7, 11) is 0. The van der Waals surface area contributed by atoms with Gasteiger partial charge in [0.2, 0.25) is 0 Å². The maximum Gasteiger partial charge on any atom is 0.144 e. The zero-order valence-electron chi connectivity index (χ0n) is 12.9. The van der Waals surface area contributed by atoms with Gasteiger partial charge in [0, 0.05) is 24.8 Å². The first kappa shape index (κ1) is 15.7. The molecule has 0 spiro atoms. The SMILES string of the molecule is Cc1cc(C)c(C#N)c(NCCN2CCCCC2CO)n1. The minimum Gasteiger partial charge on any atom is -0.395 e. The predicted octanol–water partition coefficient (Wildman–Crippen LogP) is 1.83. The lowest BCUT2D eigenvalue weighted by atomic mass is 10.0. The lowest BCUT2D eigenvalue weighted by Crippen LogP contribution is -2.44. The Labute approximate surface area is 126 Å². The van der Waals surface area contributed by atoms with Crippen molar-refractivity contribution in [3.05, 3.63) is 22.9 Å². The Morgan fingerprint density at radius 1 is 1.48 bits per heavy atom. The highest BCUT2D eigenvalue weighted by Crippen LogP contribution is 2.18. The second kappa shape index (κ2) is 7.39. The van der Waals surface area contributed by atoms with Gasteiger partial charge in [0.1, 0.15) is 11.9 Å². The molecule has 1 fully saturated rings. The number of nitrogens with zero attached hydrogens (tertiary/aromatic N) is 3. The number of hydrogen-bond acceptors (Lipinski definition) is 5. The van der Waals surface area contributed by atoms with E-state index in [1.807, 2.05) is 19.9 Å². The predicted molar refractivity (Wildman–Crippen MR) is 83.2 cm³/mol. The fourth-order valence-corrected chi connectivity index (χ4v) is 2.98. The standard InChI is InChI=1S/C16H24N4O/c1-12-9-13(2)19-16(15(12)10-17)18-6-8-20-7-4-3-5-14(20)11-21/h9,14,21H,3-8,11H2,1-2H3,(H,18,19). The summed E-state index contributed by atoms with van der Waals surface area (Å²) in [6, 6.07) is 4.43. The molecule has 0 aromatic carbocycles. The molecule has 2 N–H and O–H groups in total. The normalized spacial score (nSPS) is 19.2. The molecule has 1 aliphatic heterocycles. The first-order valence-corrected chi connectivity index (χ1v) is 7.63. The van der Waals surface area contributed by atoms with Gasteiger partial charge in [0.15, 0.2) is 0 Å². The van der Waals surface area contributed by atoms with Gasteiger partial charge in [-0.3, -0.25) is 4.90 Å². The summed E-state index contributed by atoms with van der Waals surface area (Å²) in [5.41, 5.74) is 2.50. The van der Waals surface area contributed by atoms with Crippen molar-refractivity contribution in [3.63, 3.8) is 0 Å². The van der Waals surface area contributed by atoms with E-state index in [4.69, 9.17) is 0 Å². The highest BCUT2D eigenvalue weighted by molar-refractivity contribution is 5.56. The van der Waals surface area contributed by atoms with Crippen LogP contribution in [0.4, 0.5) is 5.82 Å². The summed E-state index contributed by atoms with van der Waals surface area (Å²) in [6.07, 6.45) is 3.47. The number of aromatic nitrogens is 1. The molecule has 1 atom stereocenters. The van der Waals surface area contributed by atoms with E-state index >= 15 is 0 Å². The highest BCUT2D eigenvalue weighted by Gasteiger charge is 2.21. The number of nitrogens with one attached hydrogen (secondary N) is 1. The van der Waals surface area contributed by atoms with Gasteiger partial charge < -0.3 is 10.4 Å². The van der Waals surface area contributed by atoms with Crippen LogP contribution in [-0.4, -0.2) is 47.3 Å². The lowest BCUT2D eigenvalue weighted by molar-refractivity contribution is 0.0940. The molecule has 0 saturated carbocycles. The summed E-state index contributed by atoms with van der Waals surface area (Å²) in [5.74, 6) is 0.674. The van der Waals surface area contributed by atoms with Crippen LogP contribution in [-0.2, 0) is 0 Å². The van der Waals surface area contributed by atoms with Crippen molar-refractivity contribution in [2.75, 3.05) is 31.6 Å². The molecule has 0 radical (unpaired) electrons. The summed E-state index contributed by atoms with van der Waals surface area (Å²) < 4.78 is 0. The van der Waals surface area contributed by atoms with Crippen LogP contribution in [0, 0.1) is 25.2 Å². The Morgan fingerprint density at radius 3 is 3.00 bits per heavy atom. The largest absolute Gasteiger partial charge is 0.395 e. The smallest absolute Gasteiger partial charge is 0.144 e. The summed E-state index contributed by atoms with van der Waals surface area (Å²) in [4.78, 5) is 6.75. The van der Waals surface area contributed by atoms with E-state index in [9.17, 15) is 10.4 Å². The van der Waals surface area contributed by atoms with Gasteiger partial charge in [-0.05, 0) is 44.9 Å². The quantitative estimate of drug-likeness (QED) is 0.865. The van der Waals surface area contributed by atoms with E-state index in [0.29, 0.717) is 11.4 Å². The van der Waals surface area contributed by atoms with Gasteiger partial charge in [-0.1, -0.05) is 6.42 Å². The van der Waals surface area contributed by atoms with E-state index in [1.54, 1.807) is 0 Å². The molecule has 2 heterocycles. The van der Waals surface area contributed by atoms with Crippen LogP contribution in [0.3, 0.4) is 0 Å². The number of hydrogen-bond donors (Lipinski definition) is 2. The molecule has 0 aliphatic carbocycles. The van der Waals surface area contributed by atoms with Crippen molar-refractivity contribution in [2.24, 2.45) is 0 Å². The molecule has 1 aromatic rings. The third-order valence-electron chi connectivity index (χ3n) is 4.11. The van der Waals surface area contributed by atoms with Crippen LogP contribution >= 0.6 is 0 Å². The maximum absolute atomic E-state index is 9.42. The molecule has 1 aliphatic rings. The third-order valence-corrected chi connectivity index (χ3v) is 4.11. The maximum atomic E-state index is 9.42. The van der Waals surface area contributed by atoms with Gasteiger partial charge >= 0.3 is 0 Å². The third kappa shape index (κ3) is 3.93. The molecular weight excluding hydrogens is 264 g/mol. The average molecular weight is 288 g/mol. The van der Waals surface area contributed by atoms with Gasteiger partial charge in [-0.25, -0.2) is 4.98 Å². The Hall–Kier alpha value is -1.64. The highest BCUT2D eigenvalue weighted by atomic mass is 16.3. The molecule has 5 nitrogen and oxygen atoms in total. The zero-order chi connectivity index (χ0) is 15.2. The Kier molecular flexibility index (Phi) is 5.54. The Morgan fingerprint density at radius 2 is 2.29 bits per heavy atom. The van der Waals surface area contributed by atoms with Gasteiger partial charge in [-0.2, -0.15) is 5.26 Å². The van der Waals surface area contributed by atoms with Crippen molar-refractivity contribution >= 4 is 5.82 Å². The number of nitriles is 1. The fraction of sp³-hybridized carbons (Fsp3) is 0.625. The molecule has 1 unspecified atom stereocenters. The van der Waals surface area contributed by atoms with E-state index in [2.05, 4.69) is 21.3 Å². The minimum atomic E-state index is 0.227. The number of aliphatic hydroxyl groups excluding tert-OH is 1. The van der Waals surface area contributed by atoms with Crippen molar-refractivity contribution in [3.8, 4) is 6.07 Å². The molecule has 2 rings (SSSR count). The van der Waals surface area contributed by atoms with Gasteiger partial charge in [0.05, 0.1) is 12.2 Å². The van der Waals surface area contributed by atoms with Crippen LogP contribution in [0.15, 0.2) is 6.07 Å². The Bertz CT molecular complexity index is 524. The zero-order valence-corrected chi connectivity index (χ0v) is 12.9. The Balaban J connectivity index is 1.96. The summed E-state index contributed by atoms with van der Waals surface area (Å²) in [5, 5.41) is 21.9. The first-order valence-electron chi connectivity index (χ1n) is 7.63. The molecule has 0 bridgehead atoms. The van der Waals surface area contributed by atoms with E-state index < -0.39 is 0 Å². The number of rotatable bonds is 5. The first-order chi connectivity index (χ1) is 10.2. The molecule has 114 valence electrons. The fourth-order valence-electron chi connectivity index (χ4n) is 2.98. The second-order valence-corrected chi connectivity index (χ2v) is 5.71. The number of aliphatic hydroxyl groups is 1. The molecule has 21 heavy (non-hydrogen) atoms. The minimum absolute atomic E-state index is 0.227. The molecular formula is C16H24N4O. The number of piperidine rings is 1. The molecule has 1 saturated heterocycles. The van der Waals surface area contributed by atoms with Crippen LogP contribution in [0.1, 0.15) is 36.1 Å². The summed E-state index contributed by atoms with van der Waals surface area (Å²) >= 11 is 0. The van der Waals surface area contributed by atoms with Crippen molar-refractivity contribution in [2.45, 2.75) is 39.2 Å². The molecule has 5 heteroatoms. The van der Waals surface area contributed by atoms with Crippen molar-refractivity contribution < 1.29 is 5.11 Å². The van der Waals surface area contributed by atoms with Crippen molar-refractivity contribution in [1.82, 2.24) is 9.88 Å². The number of pyridine rings is 1. The van der Waals surface area contributed by atoms with Crippen LogP contribution in [0.25, 0.3) is 0 Å². The van der Waals surface area contributed by atoms with Crippen LogP contribution < -0.4 is 5.32 Å². The number of aryl methyl sites for hydroxylation is 2. The van der Waals surface area contributed by atoms with E-state index in [1.165, 1.54) is 12.8 Å². The number of anilines is 1. The van der Waals surface area contributed by atoms with E-state index in [0.717, 1.165) is 37.3 Å². The van der Waals surface area contributed by atoms with Gasteiger partial charge in [-0.15, -0.1) is 0 Å².